The quantitative estimate of drug-likeness (QED) is 0.772. The minimum Gasteiger partial charge on any atom is -0.370 e. The van der Waals surface area contributed by atoms with E-state index in [2.05, 4.69) is 33.3 Å². The summed E-state index contributed by atoms with van der Waals surface area (Å²) in [6, 6.07) is 4.12. The summed E-state index contributed by atoms with van der Waals surface area (Å²) < 4.78 is 0. The molecule has 0 spiro atoms. The number of hydrogen-bond acceptors (Lipinski definition) is 4. The number of pyridine rings is 1. The molecule has 0 atom stereocenters. The molecule has 0 aliphatic rings. The Morgan fingerprint density at radius 2 is 2.29 bits per heavy atom. The standard InChI is InChI=1S/C12H16N4S/c1-2-4-13-11-8-10(3-5-14-11)9-17-12-15-6-7-16-12/h3,5-8H,2,4,9H2,1H3,(H,13,14)(H,15,16). The Morgan fingerprint density at radius 1 is 1.35 bits per heavy atom. The molecule has 2 rings (SSSR count). The largest absolute Gasteiger partial charge is 0.370 e. The lowest BCUT2D eigenvalue weighted by Gasteiger charge is -2.05. The van der Waals surface area contributed by atoms with Gasteiger partial charge in [0.05, 0.1) is 0 Å². The van der Waals surface area contributed by atoms with Gasteiger partial charge >= 0.3 is 0 Å². The number of hydrogen-bond donors (Lipinski definition) is 2. The maximum atomic E-state index is 4.28. The van der Waals surface area contributed by atoms with Gasteiger partial charge in [-0.05, 0) is 24.1 Å². The van der Waals surface area contributed by atoms with Gasteiger partial charge in [-0.1, -0.05) is 18.7 Å². The van der Waals surface area contributed by atoms with Gasteiger partial charge in [0, 0.05) is 30.9 Å². The Morgan fingerprint density at radius 3 is 3.06 bits per heavy atom. The zero-order valence-corrected chi connectivity index (χ0v) is 10.6. The van der Waals surface area contributed by atoms with Crippen LogP contribution >= 0.6 is 11.8 Å². The Labute approximate surface area is 105 Å². The molecule has 5 heteroatoms. The highest BCUT2D eigenvalue weighted by Crippen LogP contribution is 2.19. The molecule has 0 radical (unpaired) electrons. The van der Waals surface area contributed by atoms with Crippen LogP contribution in [-0.4, -0.2) is 21.5 Å². The first-order valence-corrected chi connectivity index (χ1v) is 6.68. The smallest absolute Gasteiger partial charge is 0.165 e. The van der Waals surface area contributed by atoms with Crippen molar-refractivity contribution >= 4 is 17.6 Å². The van der Waals surface area contributed by atoms with E-state index in [1.165, 1.54) is 5.56 Å². The Hall–Kier alpha value is -1.49. The number of anilines is 1. The molecule has 90 valence electrons. The van der Waals surface area contributed by atoms with Gasteiger partial charge in [0.1, 0.15) is 5.82 Å². The monoisotopic (exact) mass is 248 g/mol. The molecule has 0 aliphatic heterocycles. The molecule has 17 heavy (non-hydrogen) atoms. The van der Waals surface area contributed by atoms with Crippen molar-refractivity contribution in [2.24, 2.45) is 0 Å². The maximum absolute atomic E-state index is 4.28. The Kier molecular flexibility index (Phi) is 4.44. The molecule has 0 saturated carbocycles. The lowest BCUT2D eigenvalue weighted by Crippen LogP contribution is -2.01. The fourth-order valence-electron chi connectivity index (χ4n) is 1.40. The predicted octanol–water partition coefficient (Wildman–Crippen LogP) is 2.92. The van der Waals surface area contributed by atoms with Crippen molar-refractivity contribution < 1.29 is 0 Å². The van der Waals surface area contributed by atoms with Crippen LogP contribution in [0.2, 0.25) is 0 Å². The molecule has 2 aromatic heterocycles. The van der Waals surface area contributed by atoms with Crippen LogP contribution in [0.25, 0.3) is 0 Å². The van der Waals surface area contributed by atoms with E-state index in [1.54, 1.807) is 18.0 Å². The number of rotatable bonds is 6. The third-order valence-corrected chi connectivity index (χ3v) is 3.20. The zero-order valence-electron chi connectivity index (χ0n) is 9.81. The van der Waals surface area contributed by atoms with Crippen LogP contribution in [0, 0.1) is 0 Å². The molecule has 4 nitrogen and oxygen atoms in total. The van der Waals surface area contributed by atoms with E-state index < -0.39 is 0 Å². The van der Waals surface area contributed by atoms with E-state index in [0.717, 1.165) is 29.7 Å². The summed E-state index contributed by atoms with van der Waals surface area (Å²) >= 11 is 1.69. The average Bonchev–Trinajstić information content (AvgIpc) is 2.87. The van der Waals surface area contributed by atoms with Crippen molar-refractivity contribution in [3.8, 4) is 0 Å². The van der Waals surface area contributed by atoms with Gasteiger partial charge in [0.2, 0.25) is 0 Å². The SMILES string of the molecule is CCCNc1cc(CSc2ncc[nH]2)ccn1. The van der Waals surface area contributed by atoms with E-state index in [9.17, 15) is 0 Å². The summed E-state index contributed by atoms with van der Waals surface area (Å²) in [5.74, 6) is 1.85. The van der Waals surface area contributed by atoms with Gasteiger partial charge in [-0.25, -0.2) is 9.97 Å². The molecule has 0 aromatic carbocycles. The molecule has 0 fully saturated rings. The van der Waals surface area contributed by atoms with Gasteiger partial charge in [-0.15, -0.1) is 0 Å². The Balaban J connectivity index is 1.91. The molecule has 0 saturated heterocycles. The Bertz CT molecular complexity index is 442. The average molecular weight is 248 g/mol. The predicted molar refractivity (Wildman–Crippen MR) is 71.2 cm³/mol. The molecule has 2 N–H and O–H groups in total. The number of thioether (sulfide) groups is 1. The van der Waals surface area contributed by atoms with Crippen molar-refractivity contribution in [1.29, 1.82) is 0 Å². The van der Waals surface area contributed by atoms with E-state index in [4.69, 9.17) is 0 Å². The summed E-state index contributed by atoms with van der Waals surface area (Å²) in [6.07, 6.45) is 6.55. The summed E-state index contributed by atoms with van der Waals surface area (Å²) in [4.78, 5) is 11.5. The molecule has 2 heterocycles. The molecule has 0 amide bonds. The number of aromatic amines is 1. The number of aromatic nitrogens is 3. The van der Waals surface area contributed by atoms with Crippen LogP contribution in [-0.2, 0) is 5.75 Å². The molecular weight excluding hydrogens is 232 g/mol. The van der Waals surface area contributed by atoms with Crippen LogP contribution in [0.15, 0.2) is 35.9 Å². The number of nitrogens with one attached hydrogen (secondary N) is 2. The van der Waals surface area contributed by atoms with Gasteiger partial charge in [0.15, 0.2) is 5.16 Å². The first-order chi connectivity index (χ1) is 8.38. The zero-order chi connectivity index (χ0) is 11.9. The summed E-state index contributed by atoms with van der Waals surface area (Å²) in [6.45, 7) is 3.10. The fraction of sp³-hybridized carbons (Fsp3) is 0.333. The van der Waals surface area contributed by atoms with Gasteiger partial charge in [-0.3, -0.25) is 0 Å². The minimum absolute atomic E-state index is 0.900. The van der Waals surface area contributed by atoms with Crippen molar-refractivity contribution in [3.63, 3.8) is 0 Å². The fourth-order valence-corrected chi connectivity index (χ4v) is 2.16. The topological polar surface area (TPSA) is 53.6 Å². The van der Waals surface area contributed by atoms with Crippen LogP contribution < -0.4 is 5.32 Å². The minimum atomic E-state index is 0.900. The van der Waals surface area contributed by atoms with E-state index >= 15 is 0 Å². The van der Waals surface area contributed by atoms with Crippen LogP contribution in [0.1, 0.15) is 18.9 Å². The van der Waals surface area contributed by atoms with E-state index in [0.29, 0.717) is 0 Å². The lowest BCUT2D eigenvalue weighted by atomic mass is 10.3. The van der Waals surface area contributed by atoms with Gasteiger partial charge < -0.3 is 10.3 Å². The van der Waals surface area contributed by atoms with Crippen LogP contribution in [0.4, 0.5) is 5.82 Å². The molecule has 2 aromatic rings. The summed E-state index contributed by atoms with van der Waals surface area (Å²) in [5, 5.41) is 4.23. The first-order valence-electron chi connectivity index (χ1n) is 5.69. The number of imidazole rings is 1. The van der Waals surface area contributed by atoms with E-state index in [1.807, 2.05) is 18.5 Å². The summed E-state index contributed by atoms with van der Waals surface area (Å²) in [7, 11) is 0. The highest BCUT2D eigenvalue weighted by atomic mass is 32.2. The third-order valence-electron chi connectivity index (χ3n) is 2.23. The van der Waals surface area contributed by atoms with E-state index in [-0.39, 0.29) is 0 Å². The van der Waals surface area contributed by atoms with Gasteiger partial charge in [-0.2, -0.15) is 0 Å². The second kappa shape index (κ2) is 6.30. The summed E-state index contributed by atoms with van der Waals surface area (Å²) in [5.41, 5.74) is 1.25. The second-order valence-electron chi connectivity index (χ2n) is 3.66. The van der Waals surface area contributed by atoms with Crippen LogP contribution in [0.5, 0.6) is 0 Å². The third kappa shape index (κ3) is 3.78. The van der Waals surface area contributed by atoms with Crippen molar-refractivity contribution in [2.45, 2.75) is 24.3 Å². The normalized spacial score (nSPS) is 10.4. The lowest BCUT2D eigenvalue weighted by molar-refractivity contribution is 0.968. The van der Waals surface area contributed by atoms with Crippen molar-refractivity contribution in [1.82, 2.24) is 15.0 Å². The van der Waals surface area contributed by atoms with Crippen molar-refractivity contribution in [3.05, 3.63) is 36.3 Å². The highest BCUT2D eigenvalue weighted by molar-refractivity contribution is 7.98. The molecular formula is C12H16N4S. The second-order valence-corrected chi connectivity index (χ2v) is 4.62. The number of H-pyrrole nitrogens is 1. The highest BCUT2D eigenvalue weighted by Gasteiger charge is 1.99. The molecule has 0 aliphatic carbocycles. The van der Waals surface area contributed by atoms with Crippen molar-refractivity contribution in [2.75, 3.05) is 11.9 Å². The number of nitrogens with zero attached hydrogens (tertiary/aromatic N) is 2. The first kappa shape index (κ1) is 12.0. The molecule has 0 bridgehead atoms. The molecule has 0 unspecified atom stereocenters. The maximum Gasteiger partial charge on any atom is 0.165 e. The van der Waals surface area contributed by atoms with Gasteiger partial charge in [0.25, 0.3) is 0 Å². The van der Waals surface area contributed by atoms with Crippen LogP contribution in [0.3, 0.4) is 0 Å².